The van der Waals surface area contributed by atoms with E-state index in [0.717, 1.165) is 44.7 Å². The van der Waals surface area contributed by atoms with E-state index in [4.69, 9.17) is 10.1 Å². The Morgan fingerprint density at radius 2 is 2.05 bits per heavy atom. The van der Waals surface area contributed by atoms with E-state index >= 15 is 0 Å². The molecule has 2 aromatic heterocycles. The van der Waals surface area contributed by atoms with Crippen molar-refractivity contribution in [3.63, 3.8) is 0 Å². The van der Waals surface area contributed by atoms with Crippen LogP contribution in [0.4, 0.5) is 5.82 Å². The number of fused-ring (bicyclic) bond motifs is 1. The van der Waals surface area contributed by atoms with Crippen LogP contribution < -0.4 is 10.2 Å². The van der Waals surface area contributed by atoms with Crippen LogP contribution in [0.25, 0.3) is 5.65 Å². The van der Waals surface area contributed by atoms with E-state index in [0.29, 0.717) is 5.92 Å². The predicted molar refractivity (Wildman–Crippen MR) is 88.7 cm³/mol. The minimum absolute atomic E-state index is 0.659. The quantitative estimate of drug-likeness (QED) is 0.941. The summed E-state index contributed by atoms with van der Waals surface area (Å²) in [4.78, 5) is 7.29. The molecule has 5 nitrogen and oxygen atoms in total. The number of hydrogen-bond acceptors (Lipinski definition) is 4. The molecule has 0 radical (unpaired) electrons. The number of anilines is 1. The summed E-state index contributed by atoms with van der Waals surface area (Å²) in [5.74, 6) is 1.88. The first-order chi connectivity index (χ1) is 10.8. The highest BCUT2D eigenvalue weighted by molar-refractivity contribution is 5.53. The molecule has 0 spiro atoms. The molecule has 0 unspecified atom stereocenters. The molecule has 3 heterocycles. The fourth-order valence-electron chi connectivity index (χ4n) is 3.43. The van der Waals surface area contributed by atoms with Crippen molar-refractivity contribution in [2.75, 3.05) is 31.1 Å². The number of nitrogens with zero attached hydrogens (tertiary/aromatic N) is 4. The number of nitrogens with one attached hydrogen (secondary N) is 1. The molecule has 0 aromatic carbocycles. The minimum atomic E-state index is 0.659. The van der Waals surface area contributed by atoms with Crippen LogP contribution in [0.3, 0.4) is 0 Å². The van der Waals surface area contributed by atoms with Gasteiger partial charge < -0.3 is 10.2 Å². The maximum atomic E-state index is 4.90. The Morgan fingerprint density at radius 1 is 1.23 bits per heavy atom. The van der Waals surface area contributed by atoms with E-state index in [9.17, 15) is 0 Å². The molecule has 0 atom stereocenters. The average Bonchev–Trinajstić information content (AvgIpc) is 2.89. The number of piperazine rings is 1. The van der Waals surface area contributed by atoms with Gasteiger partial charge in [-0.05, 0) is 19.3 Å². The van der Waals surface area contributed by atoms with Crippen LogP contribution in [0.2, 0.25) is 0 Å². The van der Waals surface area contributed by atoms with Crippen molar-refractivity contribution in [2.45, 2.75) is 44.9 Å². The van der Waals surface area contributed by atoms with Gasteiger partial charge in [0.15, 0.2) is 5.65 Å². The Hall–Kier alpha value is -1.62. The molecule has 0 amide bonds. The molecule has 2 aliphatic rings. The molecule has 2 aromatic rings. The molecule has 1 aliphatic heterocycles. The maximum Gasteiger partial charge on any atom is 0.157 e. The van der Waals surface area contributed by atoms with Gasteiger partial charge in [0.05, 0.1) is 5.69 Å². The smallest absolute Gasteiger partial charge is 0.157 e. The number of hydrogen-bond donors (Lipinski definition) is 1. The van der Waals surface area contributed by atoms with Gasteiger partial charge in [-0.25, -0.2) is 4.98 Å². The molecule has 1 saturated carbocycles. The van der Waals surface area contributed by atoms with E-state index in [-0.39, 0.29) is 0 Å². The van der Waals surface area contributed by atoms with Crippen LogP contribution in [0.1, 0.15) is 49.9 Å². The van der Waals surface area contributed by atoms with Crippen molar-refractivity contribution in [2.24, 2.45) is 0 Å². The summed E-state index contributed by atoms with van der Waals surface area (Å²) in [7, 11) is 0. The lowest BCUT2D eigenvalue weighted by Gasteiger charge is -2.29. The van der Waals surface area contributed by atoms with Gasteiger partial charge in [-0.1, -0.05) is 19.8 Å². The van der Waals surface area contributed by atoms with Crippen molar-refractivity contribution >= 4 is 11.5 Å². The van der Waals surface area contributed by atoms with Crippen LogP contribution >= 0.6 is 0 Å². The van der Waals surface area contributed by atoms with Crippen LogP contribution in [0.5, 0.6) is 0 Å². The second-order valence-electron chi connectivity index (χ2n) is 6.56. The third kappa shape index (κ3) is 2.47. The minimum Gasteiger partial charge on any atom is -0.354 e. The zero-order valence-electron chi connectivity index (χ0n) is 13.4. The van der Waals surface area contributed by atoms with E-state index in [1.807, 2.05) is 0 Å². The molecular formula is C17H25N5. The second kappa shape index (κ2) is 5.88. The molecule has 1 aliphatic carbocycles. The summed E-state index contributed by atoms with van der Waals surface area (Å²) in [6.07, 6.45) is 6.09. The van der Waals surface area contributed by atoms with E-state index in [1.165, 1.54) is 36.5 Å². The van der Waals surface area contributed by atoms with Crippen molar-refractivity contribution in [1.82, 2.24) is 19.9 Å². The Kier molecular flexibility index (Phi) is 3.74. The maximum absolute atomic E-state index is 4.90. The van der Waals surface area contributed by atoms with Gasteiger partial charge in [0.1, 0.15) is 5.82 Å². The zero-order chi connectivity index (χ0) is 14.9. The van der Waals surface area contributed by atoms with Gasteiger partial charge in [0.25, 0.3) is 0 Å². The van der Waals surface area contributed by atoms with Gasteiger partial charge >= 0.3 is 0 Å². The normalized spacial score (nSPS) is 19.6. The Bertz CT molecular complexity index is 652. The zero-order valence-corrected chi connectivity index (χ0v) is 13.4. The van der Waals surface area contributed by atoms with E-state index in [2.05, 4.69) is 33.8 Å². The van der Waals surface area contributed by atoms with Gasteiger partial charge in [0, 0.05) is 49.9 Å². The van der Waals surface area contributed by atoms with Gasteiger partial charge in [0.2, 0.25) is 0 Å². The van der Waals surface area contributed by atoms with Gasteiger partial charge in [-0.15, -0.1) is 0 Å². The van der Waals surface area contributed by atoms with Gasteiger partial charge in [-0.2, -0.15) is 9.61 Å². The van der Waals surface area contributed by atoms with E-state index in [1.54, 1.807) is 0 Å². The Morgan fingerprint density at radius 3 is 2.73 bits per heavy atom. The van der Waals surface area contributed by atoms with Crippen molar-refractivity contribution in [1.29, 1.82) is 0 Å². The summed E-state index contributed by atoms with van der Waals surface area (Å²) in [6.45, 7) is 6.40. The molecule has 4 rings (SSSR count). The van der Waals surface area contributed by atoms with Crippen molar-refractivity contribution in [3.05, 3.63) is 23.5 Å². The third-order valence-corrected chi connectivity index (χ3v) is 4.95. The van der Waals surface area contributed by atoms with Crippen LogP contribution in [0, 0.1) is 0 Å². The highest BCUT2D eigenvalue weighted by Crippen LogP contribution is 2.36. The number of rotatable bonds is 4. The molecule has 0 bridgehead atoms. The topological polar surface area (TPSA) is 45.5 Å². The highest BCUT2D eigenvalue weighted by Gasteiger charge is 2.24. The number of aryl methyl sites for hydroxylation is 1. The summed E-state index contributed by atoms with van der Waals surface area (Å²) < 4.78 is 2.08. The summed E-state index contributed by atoms with van der Waals surface area (Å²) >= 11 is 0. The standard InChI is InChI=1S/C17H25N5/c1-2-4-14-11-17(21-9-7-18-8-10-21)22-16(19-14)12-15(20-22)13-5-3-6-13/h11-13,18H,2-10H2,1H3. The van der Waals surface area contributed by atoms with E-state index < -0.39 is 0 Å². The second-order valence-corrected chi connectivity index (χ2v) is 6.56. The molecule has 1 saturated heterocycles. The molecule has 22 heavy (non-hydrogen) atoms. The first kappa shape index (κ1) is 14.0. The lowest BCUT2D eigenvalue weighted by Crippen LogP contribution is -2.44. The van der Waals surface area contributed by atoms with Crippen LogP contribution in [-0.4, -0.2) is 40.8 Å². The fourth-order valence-corrected chi connectivity index (χ4v) is 3.43. The van der Waals surface area contributed by atoms with Crippen molar-refractivity contribution < 1.29 is 0 Å². The first-order valence-electron chi connectivity index (χ1n) is 8.70. The fraction of sp³-hybridized carbons (Fsp3) is 0.647. The molecule has 1 N–H and O–H groups in total. The average molecular weight is 299 g/mol. The summed E-state index contributed by atoms with van der Waals surface area (Å²) in [5.41, 5.74) is 3.47. The van der Waals surface area contributed by atoms with Gasteiger partial charge in [-0.3, -0.25) is 0 Å². The lowest BCUT2D eigenvalue weighted by molar-refractivity contribution is 0.409. The van der Waals surface area contributed by atoms with Crippen LogP contribution in [0.15, 0.2) is 12.1 Å². The molecular weight excluding hydrogens is 274 g/mol. The molecule has 118 valence electrons. The lowest BCUT2D eigenvalue weighted by atomic mass is 9.83. The molecule has 5 heteroatoms. The van der Waals surface area contributed by atoms with Crippen molar-refractivity contribution in [3.8, 4) is 0 Å². The summed E-state index contributed by atoms with van der Waals surface area (Å²) in [6, 6.07) is 4.47. The largest absolute Gasteiger partial charge is 0.354 e. The number of aromatic nitrogens is 3. The van der Waals surface area contributed by atoms with Crippen LogP contribution in [-0.2, 0) is 6.42 Å². The molecule has 2 fully saturated rings. The SMILES string of the molecule is CCCc1cc(N2CCNCC2)n2nc(C3CCC3)cc2n1. The highest BCUT2D eigenvalue weighted by atomic mass is 15.4. The predicted octanol–water partition coefficient (Wildman–Crippen LogP) is 2.36. The Labute approximate surface area is 131 Å². The summed E-state index contributed by atoms with van der Waals surface area (Å²) in [5, 5.41) is 8.33. The third-order valence-electron chi connectivity index (χ3n) is 4.95. The Balaban J connectivity index is 1.77. The first-order valence-corrected chi connectivity index (χ1v) is 8.70. The monoisotopic (exact) mass is 299 g/mol.